The zero-order valence-corrected chi connectivity index (χ0v) is 12.3. The standard InChI is InChI=1S/C17H17N3O2/c1-11-3-2-4-12(9-11)17-19-14-10-13(18)5-6-15(14)20(17)8-7-16(21)22/h2-6,9-10H,7-8,18H2,1H3,(H,21,22). The molecule has 0 saturated heterocycles. The van der Waals surface area contributed by atoms with Crippen LogP contribution in [0.15, 0.2) is 42.5 Å². The summed E-state index contributed by atoms with van der Waals surface area (Å²) in [7, 11) is 0. The number of nitrogens with two attached hydrogens (primary N) is 1. The summed E-state index contributed by atoms with van der Waals surface area (Å²) in [6, 6.07) is 13.5. The summed E-state index contributed by atoms with van der Waals surface area (Å²) in [5.74, 6) is -0.0574. The first kappa shape index (κ1) is 14.1. The molecule has 0 spiro atoms. The number of carbonyl (C=O) groups is 1. The van der Waals surface area contributed by atoms with E-state index < -0.39 is 5.97 Å². The van der Waals surface area contributed by atoms with E-state index >= 15 is 0 Å². The van der Waals surface area contributed by atoms with E-state index in [0.717, 1.165) is 28.0 Å². The monoisotopic (exact) mass is 295 g/mol. The molecule has 0 aliphatic heterocycles. The predicted molar refractivity (Wildman–Crippen MR) is 86.6 cm³/mol. The maximum absolute atomic E-state index is 10.9. The number of carboxylic acids is 1. The molecule has 3 rings (SSSR count). The van der Waals surface area contributed by atoms with Crippen molar-refractivity contribution in [3.63, 3.8) is 0 Å². The summed E-state index contributed by atoms with van der Waals surface area (Å²) in [5, 5.41) is 8.98. The molecule has 0 aliphatic carbocycles. The number of nitrogen functional groups attached to an aromatic ring is 1. The average Bonchev–Trinajstić information content (AvgIpc) is 2.82. The van der Waals surface area contributed by atoms with Gasteiger partial charge >= 0.3 is 5.97 Å². The van der Waals surface area contributed by atoms with Gasteiger partial charge in [-0.15, -0.1) is 0 Å². The molecule has 0 bridgehead atoms. The van der Waals surface area contributed by atoms with Crippen molar-refractivity contribution in [1.29, 1.82) is 0 Å². The Bertz CT molecular complexity index is 852. The molecule has 22 heavy (non-hydrogen) atoms. The molecule has 1 aromatic heterocycles. The number of fused-ring (bicyclic) bond motifs is 1. The van der Waals surface area contributed by atoms with Crippen molar-refractivity contribution in [3.8, 4) is 11.4 Å². The molecule has 5 nitrogen and oxygen atoms in total. The van der Waals surface area contributed by atoms with Gasteiger partial charge in [0.2, 0.25) is 0 Å². The lowest BCUT2D eigenvalue weighted by molar-refractivity contribution is -0.137. The van der Waals surface area contributed by atoms with E-state index in [1.807, 2.05) is 47.9 Å². The maximum atomic E-state index is 10.9. The van der Waals surface area contributed by atoms with E-state index in [0.29, 0.717) is 12.2 Å². The summed E-state index contributed by atoms with van der Waals surface area (Å²) >= 11 is 0. The van der Waals surface area contributed by atoms with Gasteiger partial charge in [-0.1, -0.05) is 23.8 Å². The van der Waals surface area contributed by atoms with E-state index in [1.165, 1.54) is 0 Å². The second-order valence-corrected chi connectivity index (χ2v) is 5.35. The van der Waals surface area contributed by atoms with Crippen molar-refractivity contribution in [2.45, 2.75) is 19.9 Å². The topological polar surface area (TPSA) is 81.1 Å². The zero-order chi connectivity index (χ0) is 15.7. The minimum atomic E-state index is -0.826. The number of hydrogen-bond donors (Lipinski definition) is 2. The van der Waals surface area contributed by atoms with Gasteiger partial charge in [-0.05, 0) is 31.2 Å². The van der Waals surface area contributed by atoms with Crippen LogP contribution in [0.3, 0.4) is 0 Å². The van der Waals surface area contributed by atoms with Gasteiger partial charge in [0, 0.05) is 17.8 Å². The Morgan fingerprint density at radius 3 is 2.82 bits per heavy atom. The fourth-order valence-corrected chi connectivity index (χ4v) is 2.59. The van der Waals surface area contributed by atoms with Gasteiger partial charge in [0.1, 0.15) is 5.82 Å². The number of aryl methyl sites for hydroxylation is 2. The number of aromatic nitrogens is 2. The highest BCUT2D eigenvalue weighted by atomic mass is 16.4. The molecule has 0 unspecified atom stereocenters. The minimum absolute atomic E-state index is 0.0503. The van der Waals surface area contributed by atoms with Crippen LogP contribution in [-0.2, 0) is 11.3 Å². The van der Waals surface area contributed by atoms with Crippen LogP contribution >= 0.6 is 0 Å². The average molecular weight is 295 g/mol. The Kier molecular flexibility index (Phi) is 3.55. The van der Waals surface area contributed by atoms with Crippen LogP contribution < -0.4 is 5.73 Å². The van der Waals surface area contributed by atoms with Crippen LogP contribution in [0, 0.1) is 6.92 Å². The third-order valence-corrected chi connectivity index (χ3v) is 3.60. The molecule has 1 heterocycles. The minimum Gasteiger partial charge on any atom is -0.481 e. The number of rotatable bonds is 4. The summed E-state index contributed by atoms with van der Waals surface area (Å²) in [6.45, 7) is 2.39. The molecular weight excluding hydrogens is 278 g/mol. The molecule has 2 aromatic carbocycles. The first-order chi connectivity index (χ1) is 10.5. The van der Waals surface area contributed by atoms with E-state index in [9.17, 15) is 4.79 Å². The molecule has 0 fully saturated rings. The third-order valence-electron chi connectivity index (χ3n) is 3.60. The molecule has 3 aromatic rings. The fraction of sp³-hybridized carbons (Fsp3) is 0.176. The summed E-state index contributed by atoms with van der Waals surface area (Å²) < 4.78 is 1.94. The molecule has 0 radical (unpaired) electrons. The van der Waals surface area contributed by atoms with Gasteiger partial charge in [-0.2, -0.15) is 0 Å². The SMILES string of the molecule is Cc1cccc(-c2nc3cc(N)ccc3n2CCC(=O)O)c1. The Morgan fingerprint density at radius 1 is 1.27 bits per heavy atom. The quantitative estimate of drug-likeness (QED) is 0.725. The highest BCUT2D eigenvalue weighted by Gasteiger charge is 2.14. The zero-order valence-electron chi connectivity index (χ0n) is 12.3. The summed E-state index contributed by atoms with van der Waals surface area (Å²) in [4.78, 5) is 15.6. The Morgan fingerprint density at radius 2 is 2.09 bits per heavy atom. The van der Waals surface area contributed by atoms with Crippen molar-refractivity contribution >= 4 is 22.7 Å². The number of carboxylic acid groups (broad SMARTS) is 1. The third kappa shape index (κ3) is 2.65. The molecule has 0 amide bonds. The van der Waals surface area contributed by atoms with Crippen molar-refractivity contribution in [2.75, 3.05) is 5.73 Å². The van der Waals surface area contributed by atoms with Crippen molar-refractivity contribution in [3.05, 3.63) is 48.0 Å². The van der Waals surface area contributed by atoms with E-state index in [2.05, 4.69) is 4.98 Å². The number of benzene rings is 2. The molecule has 3 N–H and O–H groups in total. The number of imidazole rings is 1. The molecular formula is C17H17N3O2. The number of aliphatic carboxylic acids is 1. The maximum Gasteiger partial charge on any atom is 0.305 e. The van der Waals surface area contributed by atoms with Gasteiger partial charge in [-0.25, -0.2) is 4.98 Å². The second-order valence-electron chi connectivity index (χ2n) is 5.35. The Hall–Kier alpha value is -2.82. The lowest BCUT2D eigenvalue weighted by atomic mass is 10.1. The Labute approximate surface area is 128 Å². The molecule has 0 atom stereocenters. The van der Waals surface area contributed by atoms with Crippen LogP contribution in [0.25, 0.3) is 22.4 Å². The van der Waals surface area contributed by atoms with Gasteiger partial charge in [0.25, 0.3) is 0 Å². The van der Waals surface area contributed by atoms with Crippen molar-refractivity contribution in [2.24, 2.45) is 0 Å². The lowest BCUT2D eigenvalue weighted by Crippen LogP contribution is -2.06. The lowest BCUT2D eigenvalue weighted by Gasteiger charge is -2.08. The number of nitrogens with zero attached hydrogens (tertiary/aromatic N) is 2. The van der Waals surface area contributed by atoms with Crippen LogP contribution in [0.2, 0.25) is 0 Å². The van der Waals surface area contributed by atoms with Crippen LogP contribution in [0.1, 0.15) is 12.0 Å². The highest BCUT2D eigenvalue weighted by molar-refractivity contribution is 5.83. The van der Waals surface area contributed by atoms with Crippen LogP contribution in [0.5, 0.6) is 0 Å². The summed E-state index contributed by atoms with van der Waals surface area (Å²) in [5.41, 5.74) is 10.2. The van der Waals surface area contributed by atoms with Gasteiger partial charge in [0.15, 0.2) is 0 Å². The molecule has 0 saturated carbocycles. The van der Waals surface area contributed by atoms with Crippen LogP contribution in [0.4, 0.5) is 5.69 Å². The predicted octanol–water partition coefficient (Wildman–Crippen LogP) is 3.07. The van der Waals surface area contributed by atoms with E-state index in [1.54, 1.807) is 6.07 Å². The smallest absolute Gasteiger partial charge is 0.305 e. The molecule has 112 valence electrons. The highest BCUT2D eigenvalue weighted by Crippen LogP contribution is 2.27. The van der Waals surface area contributed by atoms with Gasteiger partial charge < -0.3 is 15.4 Å². The number of anilines is 1. The Balaban J connectivity index is 2.18. The first-order valence-electron chi connectivity index (χ1n) is 7.09. The van der Waals surface area contributed by atoms with Gasteiger partial charge in [0.05, 0.1) is 17.5 Å². The van der Waals surface area contributed by atoms with Gasteiger partial charge in [-0.3, -0.25) is 4.79 Å². The number of hydrogen-bond acceptors (Lipinski definition) is 3. The van der Waals surface area contributed by atoms with E-state index in [4.69, 9.17) is 10.8 Å². The van der Waals surface area contributed by atoms with Crippen LogP contribution in [-0.4, -0.2) is 20.6 Å². The van der Waals surface area contributed by atoms with Crippen molar-refractivity contribution in [1.82, 2.24) is 9.55 Å². The second kappa shape index (κ2) is 5.52. The normalized spacial score (nSPS) is 11.0. The van der Waals surface area contributed by atoms with E-state index in [-0.39, 0.29) is 6.42 Å². The summed E-state index contributed by atoms with van der Waals surface area (Å²) in [6.07, 6.45) is 0.0503. The first-order valence-corrected chi connectivity index (χ1v) is 7.09. The largest absolute Gasteiger partial charge is 0.481 e. The van der Waals surface area contributed by atoms with Crippen molar-refractivity contribution < 1.29 is 9.90 Å². The molecule has 5 heteroatoms. The fourth-order valence-electron chi connectivity index (χ4n) is 2.59. The molecule has 0 aliphatic rings.